The maximum atomic E-state index is 12.8. The highest BCUT2D eigenvalue weighted by atomic mass is 35.5. The summed E-state index contributed by atoms with van der Waals surface area (Å²) < 4.78 is 65.8. The first-order valence-corrected chi connectivity index (χ1v) is 9.63. The normalized spacial score (nSPS) is 22.9. The van der Waals surface area contributed by atoms with E-state index in [4.69, 9.17) is 11.6 Å². The number of rotatable bonds is 5. The lowest BCUT2D eigenvalue weighted by molar-refractivity contribution is -0.137. The first kappa shape index (κ1) is 18.0. The standard InChI is InChI=1S/C15H18ClF3N2O2S/c16-13-4-3-11(15(17,18)19)7-14(13)24(22,23)20-12-5-6-21(9-12)8-10-1-2-10/h3-4,7,10,12,20H,1-2,5-6,8-9H2/t12-/m0/s1. The smallest absolute Gasteiger partial charge is 0.301 e. The van der Waals surface area contributed by atoms with E-state index in [1.54, 1.807) is 0 Å². The lowest BCUT2D eigenvalue weighted by Gasteiger charge is -2.17. The lowest BCUT2D eigenvalue weighted by Crippen LogP contribution is -2.37. The van der Waals surface area contributed by atoms with Gasteiger partial charge < -0.3 is 4.90 Å². The van der Waals surface area contributed by atoms with Gasteiger partial charge in [-0.3, -0.25) is 0 Å². The van der Waals surface area contributed by atoms with Gasteiger partial charge in [-0.1, -0.05) is 11.6 Å². The molecule has 9 heteroatoms. The summed E-state index contributed by atoms with van der Waals surface area (Å²) in [5.74, 6) is 0.707. The van der Waals surface area contributed by atoms with Crippen molar-refractivity contribution in [3.8, 4) is 0 Å². The first-order chi connectivity index (χ1) is 11.1. The predicted octanol–water partition coefficient (Wildman–Crippen LogP) is 3.12. The summed E-state index contributed by atoms with van der Waals surface area (Å²) in [6.07, 6.45) is -1.55. The van der Waals surface area contributed by atoms with Gasteiger partial charge in [-0.05, 0) is 49.9 Å². The van der Waals surface area contributed by atoms with Crippen LogP contribution in [0.1, 0.15) is 24.8 Å². The zero-order chi connectivity index (χ0) is 17.5. The van der Waals surface area contributed by atoms with Gasteiger partial charge in [0, 0.05) is 19.1 Å². The monoisotopic (exact) mass is 382 g/mol. The topological polar surface area (TPSA) is 49.4 Å². The minimum absolute atomic E-state index is 0.219. The maximum Gasteiger partial charge on any atom is 0.416 e. The van der Waals surface area contributed by atoms with Crippen LogP contribution < -0.4 is 4.72 Å². The Bertz CT molecular complexity index is 720. The van der Waals surface area contributed by atoms with Crippen molar-refractivity contribution in [3.63, 3.8) is 0 Å². The van der Waals surface area contributed by atoms with Gasteiger partial charge in [0.2, 0.25) is 10.0 Å². The van der Waals surface area contributed by atoms with Crippen molar-refractivity contribution in [3.05, 3.63) is 28.8 Å². The number of hydrogen-bond donors (Lipinski definition) is 1. The van der Waals surface area contributed by atoms with E-state index in [1.165, 1.54) is 12.8 Å². The second kappa shape index (κ2) is 6.48. The fourth-order valence-electron chi connectivity index (χ4n) is 2.93. The first-order valence-electron chi connectivity index (χ1n) is 7.76. The third-order valence-electron chi connectivity index (χ3n) is 4.36. The molecule has 0 amide bonds. The maximum absolute atomic E-state index is 12.8. The molecule has 4 nitrogen and oxygen atoms in total. The quantitative estimate of drug-likeness (QED) is 0.851. The Balaban J connectivity index is 1.73. The van der Waals surface area contributed by atoms with Gasteiger partial charge in [0.1, 0.15) is 4.90 Å². The molecular formula is C15H18ClF3N2O2S. The summed E-state index contributed by atoms with van der Waals surface area (Å²) >= 11 is 5.83. The number of likely N-dealkylation sites (tertiary alicyclic amines) is 1. The van der Waals surface area contributed by atoms with E-state index in [-0.39, 0.29) is 11.1 Å². The van der Waals surface area contributed by atoms with Crippen molar-refractivity contribution in [2.45, 2.75) is 36.4 Å². The van der Waals surface area contributed by atoms with Crippen LogP contribution >= 0.6 is 11.6 Å². The SMILES string of the molecule is O=S(=O)(N[C@H]1CCN(CC2CC2)C1)c1cc(C(F)(F)F)ccc1Cl. The third-order valence-corrected chi connectivity index (χ3v) is 6.36. The van der Waals surface area contributed by atoms with E-state index in [1.807, 2.05) is 0 Å². The van der Waals surface area contributed by atoms with Crippen molar-refractivity contribution >= 4 is 21.6 Å². The number of halogens is 4. The number of alkyl halides is 3. The number of benzene rings is 1. The van der Waals surface area contributed by atoms with E-state index < -0.39 is 26.7 Å². The van der Waals surface area contributed by atoms with Crippen LogP contribution in [-0.2, 0) is 16.2 Å². The molecule has 0 spiro atoms. The van der Waals surface area contributed by atoms with Crippen LogP contribution in [0.15, 0.2) is 23.1 Å². The van der Waals surface area contributed by atoms with Crippen LogP contribution in [0.4, 0.5) is 13.2 Å². The average molecular weight is 383 g/mol. The predicted molar refractivity (Wildman–Crippen MR) is 84.3 cm³/mol. The van der Waals surface area contributed by atoms with Crippen molar-refractivity contribution in [2.75, 3.05) is 19.6 Å². The molecule has 0 bridgehead atoms. The van der Waals surface area contributed by atoms with Gasteiger partial charge in [-0.2, -0.15) is 13.2 Å². The number of hydrogen-bond acceptors (Lipinski definition) is 3. The molecule has 1 aromatic rings. The van der Waals surface area contributed by atoms with Crippen LogP contribution in [0.2, 0.25) is 5.02 Å². The van der Waals surface area contributed by atoms with Crippen LogP contribution in [-0.4, -0.2) is 39.0 Å². The van der Waals surface area contributed by atoms with Crippen molar-refractivity contribution in [2.24, 2.45) is 5.92 Å². The fraction of sp³-hybridized carbons (Fsp3) is 0.600. The highest BCUT2D eigenvalue weighted by molar-refractivity contribution is 7.89. The van der Waals surface area contributed by atoms with E-state index >= 15 is 0 Å². The molecule has 1 saturated carbocycles. The molecule has 1 aromatic carbocycles. The largest absolute Gasteiger partial charge is 0.416 e. The molecule has 2 aliphatic rings. The minimum atomic E-state index is -4.62. The second-order valence-electron chi connectivity index (χ2n) is 6.45. The van der Waals surface area contributed by atoms with Crippen molar-refractivity contribution in [1.82, 2.24) is 9.62 Å². The summed E-state index contributed by atoms with van der Waals surface area (Å²) in [4.78, 5) is 1.66. The fourth-order valence-corrected chi connectivity index (χ4v) is 4.72. The molecule has 0 unspecified atom stereocenters. The molecule has 24 heavy (non-hydrogen) atoms. The average Bonchev–Trinajstić information content (AvgIpc) is 3.17. The van der Waals surface area contributed by atoms with Gasteiger partial charge in [-0.15, -0.1) is 0 Å². The molecule has 1 saturated heterocycles. The minimum Gasteiger partial charge on any atom is -0.301 e. The zero-order valence-electron chi connectivity index (χ0n) is 12.8. The molecule has 1 aliphatic heterocycles. The summed E-state index contributed by atoms with van der Waals surface area (Å²) in [6, 6.07) is 2.02. The summed E-state index contributed by atoms with van der Waals surface area (Å²) in [5, 5.41) is -0.219. The molecule has 134 valence electrons. The summed E-state index contributed by atoms with van der Waals surface area (Å²) in [6.45, 7) is 2.33. The Hall–Kier alpha value is -0.830. The van der Waals surface area contributed by atoms with E-state index in [0.717, 1.165) is 25.2 Å². The van der Waals surface area contributed by atoms with E-state index in [2.05, 4.69) is 9.62 Å². The molecular weight excluding hydrogens is 365 g/mol. The van der Waals surface area contributed by atoms with Gasteiger partial charge in [0.15, 0.2) is 0 Å². The van der Waals surface area contributed by atoms with Crippen molar-refractivity contribution < 1.29 is 21.6 Å². The van der Waals surface area contributed by atoms with Crippen LogP contribution in [0, 0.1) is 5.92 Å². The Kier molecular flexibility index (Phi) is 4.85. The van der Waals surface area contributed by atoms with Crippen LogP contribution in [0.5, 0.6) is 0 Å². The lowest BCUT2D eigenvalue weighted by atomic mass is 10.2. The van der Waals surface area contributed by atoms with Gasteiger partial charge in [0.05, 0.1) is 10.6 Å². The molecule has 0 aromatic heterocycles. The number of nitrogens with one attached hydrogen (secondary N) is 1. The molecule has 3 rings (SSSR count). The van der Waals surface area contributed by atoms with Crippen LogP contribution in [0.25, 0.3) is 0 Å². The Labute approximate surface area is 144 Å². The van der Waals surface area contributed by atoms with Gasteiger partial charge in [0.25, 0.3) is 0 Å². The Morgan fingerprint density at radius 2 is 1.96 bits per heavy atom. The van der Waals surface area contributed by atoms with Gasteiger partial charge >= 0.3 is 6.18 Å². The molecule has 1 heterocycles. The van der Waals surface area contributed by atoms with E-state index in [9.17, 15) is 21.6 Å². The molecule has 0 radical (unpaired) electrons. The second-order valence-corrected chi connectivity index (χ2v) is 8.54. The number of nitrogens with zero attached hydrogens (tertiary/aromatic N) is 1. The highest BCUT2D eigenvalue weighted by Crippen LogP contribution is 2.34. The molecule has 1 atom stereocenters. The van der Waals surface area contributed by atoms with E-state index in [0.29, 0.717) is 24.9 Å². The molecule has 1 N–H and O–H groups in total. The highest BCUT2D eigenvalue weighted by Gasteiger charge is 2.35. The Morgan fingerprint density at radius 3 is 2.58 bits per heavy atom. The molecule has 2 fully saturated rings. The summed E-state index contributed by atoms with van der Waals surface area (Å²) in [7, 11) is -4.10. The number of sulfonamides is 1. The van der Waals surface area contributed by atoms with Gasteiger partial charge in [-0.25, -0.2) is 13.1 Å². The zero-order valence-corrected chi connectivity index (χ0v) is 14.4. The summed E-state index contributed by atoms with van der Waals surface area (Å²) in [5.41, 5.74) is -1.03. The van der Waals surface area contributed by atoms with Crippen LogP contribution in [0.3, 0.4) is 0 Å². The molecule has 1 aliphatic carbocycles. The Morgan fingerprint density at radius 1 is 1.25 bits per heavy atom. The third kappa shape index (κ3) is 4.22. The van der Waals surface area contributed by atoms with Crippen molar-refractivity contribution in [1.29, 1.82) is 0 Å².